The van der Waals surface area contributed by atoms with Crippen LogP contribution < -0.4 is 5.32 Å². The van der Waals surface area contributed by atoms with E-state index in [1.165, 1.54) is 16.2 Å². The van der Waals surface area contributed by atoms with Gasteiger partial charge < -0.3 is 10.1 Å². The Morgan fingerprint density at radius 2 is 1.59 bits per heavy atom. The fourth-order valence-corrected chi connectivity index (χ4v) is 5.43. The Morgan fingerprint density at radius 3 is 2.19 bits per heavy atom. The number of carbonyl (C=O) groups is 2. The van der Waals surface area contributed by atoms with E-state index >= 15 is 0 Å². The minimum atomic E-state index is -0.340. The van der Waals surface area contributed by atoms with Crippen LogP contribution in [0.3, 0.4) is 0 Å². The van der Waals surface area contributed by atoms with Crippen LogP contribution in [0.5, 0.6) is 0 Å². The summed E-state index contributed by atoms with van der Waals surface area (Å²) in [6, 6.07) is 20.3. The van der Waals surface area contributed by atoms with Gasteiger partial charge in [0, 0.05) is 18.0 Å². The smallest absolute Gasteiger partial charge is 0.341 e. The molecule has 2 aromatic carbocycles. The van der Waals surface area contributed by atoms with Crippen molar-refractivity contribution in [1.29, 1.82) is 0 Å². The van der Waals surface area contributed by atoms with Gasteiger partial charge in [-0.05, 0) is 42.9 Å². The lowest BCUT2D eigenvalue weighted by Crippen LogP contribution is -2.32. The monoisotopic (exact) mass is 448 g/mol. The largest absolute Gasteiger partial charge is 0.462 e. The van der Waals surface area contributed by atoms with Crippen molar-refractivity contribution in [2.24, 2.45) is 0 Å². The van der Waals surface area contributed by atoms with Crippen LogP contribution in [0.15, 0.2) is 60.7 Å². The van der Waals surface area contributed by atoms with Crippen LogP contribution in [0, 0.1) is 0 Å². The zero-order chi connectivity index (χ0) is 22.3. The van der Waals surface area contributed by atoms with Gasteiger partial charge >= 0.3 is 5.97 Å². The van der Waals surface area contributed by atoms with Crippen molar-refractivity contribution in [2.75, 3.05) is 18.5 Å². The number of ether oxygens (including phenoxy) is 1. The molecule has 32 heavy (non-hydrogen) atoms. The number of nitrogens with one attached hydrogen (secondary N) is 1. The molecule has 4 rings (SSSR count). The number of aryl methyl sites for hydroxylation is 1. The molecule has 6 heteroatoms. The first-order valence-electron chi connectivity index (χ1n) is 11.1. The SMILES string of the molecule is CCOC(=O)c1c(NC(=O)CN(Cc2ccccc2)Cc2ccccc2)sc2c1CCC2. The number of hydrogen-bond donors (Lipinski definition) is 1. The zero-order valence-corrected chi connectivity index (χ0v) is 19.1. The third-order valence-corrected chi connectivity index (χ3v) is 6.73. The Hall–Kier alpha value is -2.96. The molecule has 0 bridgehead atoms. The van der Waals surface area contributed by atoms with Gasteiger partial charge in [0.05, 0.1) is 18.7 Å². The number of thiophene rings is 1. The molecule has 0 atom stereocenters. The molecular weight excluding hydrogens is 420 g/mol. The molecule has 5 nitrogen and oxygen atoms in total. The zero-order valence-electron chi connectivity index (χ0n) is 18.3. The topological polar surface area (TPSA) is 58.6 Å². The number of nitrogens with zero attached hydrogens (tertiary/aromatic N) is 1. The first-order chi connectivity index (χ1) is 15.6. The summed E-state index contributed by atoms with van der Waals surface area (Å²) in [5, 5.41) is 3.64. The van der Waals surface area contributed by atoms with Crippen LogP contribution in [-0.4, -0.2) is 29.9 Å². The first kappa shape index (κ1) is 22.2. The van der Waals surface area contributed by atoms with Gasteiger partial charge in [-0.25, -0.2) is 4.79 Å². The van der Waals surface area contributed by atoms with Gasteiger partial charge in [0.2, 0.25) is 5.91 Å². The van der Waals surface area contributed by atoms with Gasteiger partial charge in [0.15, 0.2) is 0 Å². The molecule has 0 saturated carbocycles. The number of anilines is 1. The van der Waals surface area contributed by atoms with E-state index in [4.69, 9.17) is 4.74 Å². The van der Waals surface area contributed by atoms with E-state index in [9.17, 15) is 9.59 Å². The average molecular weight is 449 g/mol. The highest BCUT2D eigenvalue weighted by Gasteiger charge is 2.28. The Morgan fingerprint density at radius 1 is 0.969 bits per heavy atom. The second-order valence-corrected chi connectivity index (χ2v) is 9.05. The third-order valence-electron chi connectivity index (χ3n) is 5.52. The maximum absolute atomic E-state index is 13.1. The highest BCUT2D eigenvalue weighted by molar-refractivity contribution is 7.17. The maximum Gasteiger partial charge on any atom is 0.341 e. The molecule has 0 unspecified atom stereocenters. The van der Waals surface area contributed by atoms with E-state index in [1.54, 1.807) is 6.92 Å². The lowest BCUT2D eigenvalue weighted by Gasteiger charge is -2.22. The summed E-state index contributed by atoms with van der Waals surface area (Å²) >= 11 is 1.51. The van der Waals surface area contributed by atoms with Crippen molar-refractivity contribution in [1.82, 2.24) is 4.90 Å². The summed E-state index contributed by atoms with van der Waals surface area (Å²) in [6.07, 6.45) is 2.87. The molecule has 0 aliphatic heterocycles. The minimum Gasteiger partial charge on any atom is -0.462 e. The Bertz CT molecular complexity index is 1020. The van der Waals surface area contributed by atoms with E-state index in [2.05, 4.69) is 34.5 Å². The van der Waals surface area contributed by atoms with Gasteiger partial charge in [-0.3, -0.25) is 9.69 Å². The van der Waals surface area contributed by atoms with Crippen LogP contribution in [0.25, 0.3) is 0 Å². The van der Waals surface area contributed by atoms with E-state index in [0.29, 0.717) is 30.3 Å². The molecule has 166 valence electrons. The lowest BCUT2D eigenvalue weighted by atomic mass is 10.1. The van der Waals surface area contributed by atoms with E-state index in [1.807, 2.05) is 36.4 Å². The standard InChI is InChI=1S/C26H28N2O3S/c1-2-31-26(30)24-21-14-9-15-22(21)32-25(24)27-23(29)18-28(16-19-10-5-3-6-11-19)17-20-12-7-4-8-13-20/h3-8,10-13H,2,9,14-18H2,1H3,(H,27,29). The van der Waals surface area contributed by atoms with Crippen LogP contribution >= 0.6 is 11.3 Å². The molecule has 0 spiro atoms. The van der Waals surface area contributed by atoms with Gasteiger partial charge in [-0.2, -0.15) is 0 Å². The quantitative estimate of drug-likeness (QED) is 0.465. The Labute approximate surface area is 193 Å². The summed E-state index contributed by atoms with van der Waals surface area (Å²) in [5.41, 5.74) is 3.90. The number of fused-ring (bicyclic) bond motifs is 1. The summed E-state index contributed by atoms with van der Waals surface area (Å²) < 4.78 is 5.28. The van der Waals surface area contributed by atoms with Crippen molar-refractivity contribution in [3.8, 4) is 0 Å². The Balaban J connectivity index is 1.50. The first-order valence-corrected chi connectivity index (χ1v) is 11.9. The summed E-state index contributed by atoms with van der Waals surface area (Å²) in [5.74, 6) is -0.463. The molecule has 1 amide bonds. The van der Waals surface area contributed by atoms with Crippen LogP contribution in [0.4, 0.5) is 5.00 Å². The molecule has 1 aromatic heterocycles. The molecule has 1 heterocycles. The molecule has 0 radical (unpaired) electrons. The van der Waals surface area contributed by atoms with Crippen molar-refractivity contribution < 1.29 is 14.3 Å². The number of amides is 1. The fraction of sp³-hybridized carbons (Fsp3) is 0.308. The predicted molar refractivity (Wildman–Crippen MR) is 128 cm³/mol. The average Bonchev–Trinajstić information content (AvgIpc) is 3.36. The number of esters is 1. The summed E-state index contributed by atoms with van der Waals surface area (Å²) in [4.78, 5) is 29.0. The van der Waals surface area contributed by atoms with E-state index in [0.717, 1.165) is 36.0 Å². The number of benzene rings is 2. The highest BCUT2D eigenvalue weighted by Crippen LogP contribution is 2.39. The molecule has 1 aliphatic rings. The molecule has 1 N–H and O–H groups in total. The van der Waals surface area contributed by atoms with Crippen molar-refractivity contribution in [3.63, 3.8) is 0 Å². The minimum absolute atomic E-state index is 0.123. The summed E-state index contributed by atoms with van der Waals surface area (Å²) in [7, 11) is 0. The fourth-order valence-electron chi connectivity index (χ4n) is 4.13. The second kappa shape index (κ2) is 10.6. The maximum atomic E-state index is 13.1. The van der Waals surface area contributed by atoms with E-state index in [-0.39, 0.29) is 18.4 Å². The normalized spacial score (nSPS) is 12.6. The van der Waals surface area contributed by atoms with Crippen molar-refractivity contribution in [3.05, 3.63) is 87.8 Å². The molecule has 1 aliphatic carbocycles. The van der Waals surface area contributed by atoms with E-state index < -0.39 is 0 Å². The number of hydrogen-bond acceptors (Lipinski definition) is 5. The van der Waals surface area contributed by atoms with Crippen LogP contribution in [0.2, 0.25) is 0 Å². The molecular formula is C26H28N2O3S. The van der Waals surface area contributed by atoms with Gasteiger partial charge in [0.25, 0.3) is 0 Å². The lowest BCUT2D eigenvalue weighted by molar-refractivity contribution is -0.117. The number of rotatable bonds is 9. The second-order valence-electron chi connectivity index (χ2n) is 7.95. The molecule has 0 saturated heterocycles. The molecule has 0 fully saturated rings. The van der Waals surface area contributed by atoms with Crippen LogP contribution in [-0.2, 0) is 35.5 Å². The summed E-state index contributed by atoms with van der Waals surface area (Å²) in [6.45, 7) is 3.67. The third kappa shape index (κ3) is 5.44. The van der Waals surface area contributed by atoms with Crippen molar-refractivity contribution in [2.45, 2.75) is 39.3 Å². The predicted octanol–water partition coefficient (Wildman–Crippen LogP) is 5.05. The highest BCUT2D eigenvalue weighted by atomic mass is 32.1. The number of carbonyl (C=O) groups excluding carboxylic acids is 2. The molecule has 3 aromatic rings. The van der Waals surface area contributed by atoms with Gasteiger partial charge in [-0.1, -0.05) is 60.7 Å². The van der Waals surface area contributed by atoms with Gasteiger partial charge in [-0.15, -0.1) is 11.3 Å². The van der Waals surface area contributed by atoms with Crippen LogP contribution in [0.1, 0.15) is 45.3 Å². The van der Waals surface area contributed by atoms with Crippen molar-refractivity contribution >= 4 is 28.2 Å². The van der Waals surface area contributed by atoms with Gasteiger partial charge in [0.1, 0.15) is 5.00 Å². The Kier molecular flexibility index (Phi) is 7.35.